The lowest BCUT2D eigenvalue weighted by atomic mass is 9.73. The summed E-state index contributed by atoms with van der Waals surface area (Å²) >= 11 is 0. The lowest BCUT2D eigenvalue weighted by Gasteiger charge is -2.45. The summed E-state index contributed by atoms with van der Waals surface area (Å²) in [5.74, 6) is 2.63. The fraction of sp³-hybridized carbons (Fsp3) is 1.00. The minimum absolute atomic E-state index is 0.762. The minimum Gasteiger partial charge on any atom is -0.330 e. The second-order valence-corrected chi connectivity index (χ2v) is 6.01. The van der Waals surface area contributed by atoms with E-state index in [0.717, 1.165) is 36.4 Å². The summed E-state index contributed by atoms with van der Waals surface area (Å²) in [5, 5.41) is 0. The van der Waals surface area contributed by atoms with Crippen molar-refractivity contribution in [3.63, 3.8) is 0 Å². The maximum atomic E-state index is 5.77. The Morgan fingerprint density at radius 1 is 1.27 bits per heavy atom. The van der Waals surface area contributed by atoms with Crippen molar-refractivity contribution in [1.82, 2.24) is 4.90 Å². The van der Waals surface area contributed by atoms with Crippen molar-refractivity contribution < 1.29 is 0 Å². The average molecular weight is 210 g/mol. The maximum Gasteiger partial charge on any atom is 0.0104 e. The van der Waals surface area contributed by atoms with Gasteiger partial charge in [0.2, 0.25) is 0 Å². The van der Waals surface area contributed by atoms with Crippen LogP contribution in [0.15, 0.2) is 0 Å². The van der Waals surface area contributed by atoms with Crippen molar-refractivity contribution in [2.45, 2.75) is 52.1 Å². The van der Waals surface area contributed by atoms with E-state index in [4.69, 9.17) is 5.73 Å². The summed E-state index contributed by atoms with van der Waals surface area (Å²) in [6.07, 6.45) is 4.18. The first-order valence-electron chi connectivity index (χ1n) is 6.57. The molecule has 2 atom stereocenters. The summed E-state index contributed by atoms with van der Waals surface area (Å²) in [6, 6.07) is 1.65. The summed E-state index contributed by atoms with van der Waals surface area (Å²) in [4.78, 5) is 2.72. The zero-order valence-corrected chi connectivity index (χ0v) is 10.4. The van der Waals surface area contributed by atoms with Crippen LogP contribution in [0.5, 0.6) is 0 Å². The molecule has 88 valence electrons. The second-order valence-electron chi connectivity index (χ2n) is 6.01. The van der Waals surface area contributed by atoms with Crippen LogP contribution in [0.3, 0.4) is 0 Å². The highest BCUT2D eigenvalue weighted by Gasteiger charge is 2.40. The van der Waals surface area contributed by atoms with Crippen LogP contribution in [0.2, 0.25) is 0 Å². The molecule has 0 aromatic heterocycles. The Morgan fingerprint density at radius 3 is 2.40 bits per heavy atom. The van der Waals surface area contributed by atoms with Crippen LogP contribution < -0.4 is 5.73 Å². The SMILES string of the molecule is CC(C)C1CC(N2CC(CN)CC2C)C1. The van der Waals surface area contributed by atoms with E-state index in [1.807, 2.05) is 0 Å². The van der Waals surface area contributed by atoms with E-state index in [-0.39, 0.29) is 0 Å². The van der Waals surface area contributed by atoms with Crippen molar-refractivity contribution in [3.8, 4) is 0 Å². The first-order chi connectivity index (χ1) is 7.11. The van der Waals surface area contributed by atoms with E-state index >= 15 is 0 Å². The molecule has 0 aromatic carbocycles. The number of rotatable bonds is 3. The molecule has 0 amide bonds. The molecule has 2 unspecified atom stereocenters. The first-order valence-corrected chi connectivity index (χ1v) is 6.57. The summed E-state index contributed by atoms with van der Waals surface area (Å²) in [7, 11) is 0. The highest BCUT2D eigenvalue weighted by atomic mass is 15.2. The summed E-state index contributed by atoms with van der Waals surface area (Å²) in [5.41, 5.74) is 5.77. The van der Waals surface area contributed by atoms with Crippen molar-refractivity contribution in [2.24, 2.45) is 23.5 Å². The molecule has 1 aliphatic heterocycles. The van der Waals surface area contributed by atoms with E-state index in [1.165, 1.54) is 25.8 Å². The van der Waals surface area contributed by atoms with Crippen LogP contribution in [0, 0.1) is 17.8 Å². The van der Waals surface area contributed by atoms with E-state index < -0.39 is 0 Å². The largest absolute Gasteiger partial charge is 0.330 e. The molecule has 1 aliphatic carbocycles. The zero-order chi connectivity index (χ0) is 11.0. The molecule has 15 heavy (non-hydrogen) atoms. The van der Waals surface area contributed by atoms with E-state index in [9.17, 15) is 0 Å². The topological polar surface area (TPSA) is 29.3 Å². The smallest absolute Gasteiger partial charge is 0.0104 e. The Morgan fingerprint density at radius 2 is 1.93 bits per heavy atom. The van der Waals surface area contributed by atoms with Gasteiger partial charge >= 0.3 is 0 Å². The van der Waals surface area contributed by atoms with E-state index in [2.05, 4.69) is 25.7 Å². The molecule has 2 aliphatic rings. The molecule has 2 rings (SSSR count). The molecule has 0 aromatic rings. The van der Waals surface area contributed by atoms with Crippen LogP contribution in [-0.2, 0) is 0 Å². The predicted molar refractivity (Wildman–Crippen MR) is 64.7 cm³/mol. The van der Waals surface area contributed by atoms with Crippen molar-refractivity contribution in [3.05, 3.63) is 0 Å². The number of hydrogen-bond donors (Lipinski definition) is 1. The Labute approximate surface area is 94.2 Å². The first kappa shape index (κ1) is 11.4. The Balaban J connectivity index is 1.81. The third-order valence-corrected chi connectivity index (χ3v) is 4.60. The quantitative estimate of drug-likeness (QED) is 0.773. The minimum atomic E-state index is 0.762. The van der Waals surface area contributed by atoms with E-state index in [0.29, 0.717) is 0 Å². The van der Waals surface area contributed by atoms with Gasteiger partial charge < -0.3 is 5.73 Å². The van der Waals surface area contributed by atoms with Gasteiger partial charge in [0.25, 0.3) is 0 Å². The molecule has 1 heterocycles. The Kier molecular flexibility index (Phi) is 3.36. The van der Waals surface area contributed by atoms with Gasteiger partial charge in [0.15, 0.2) is 0 Å². The number of nitrogens with two attached hydrogens (primary N) is 1. The van der Waals surface area contributed by atoms with Gasteiger partial charge in [-0.15, -0.1) is 0 Å². The molecular weight excluding hydrogens is 184 g/mol. The fourth-order valence-electron chi connectivity index (χ4n) is 3.30. The summed E-state index contributed by atoms with van der Waals surface area (Å²) < 4.78 is 0. The normalized spacial score (nSPS) is 42.2. The van der Waals surface area contributed by atoms with Gasteiger partial charge in [0.05, 0.1) is 0 Å². The molecule has 1 saturated heterocycles. The zero-order valence-electron chi connectivity index (χ0n) is 10.4. The van der Waals surface area contributed by atoms with Gasteiger partial charge in [-0.05, 0) is 50.5 Å². The molecule has 0 spiro atoms. The second kappa shape index (κ2) is 4.42. The molecule has 2 heteroatoms. The average Bonchev–Trinajstić information content (AvgIpc) is 2.44. The Bertz CT molecular complexity index is 209. The molecule has 2 N–H and O–H groups in total. The molecule has 0 bridgehead atoms. The van der Waals surface area contributed by atoms with Crippen molar-refractivity contribution in [1.29, 1.82) is 0 Å². The molecule has 2 nitrogen and oxygen atoms in total. The number of hydrogen-bond acceptors (Lipinski definition) is 2. The maximum absolute atomic E-state index is 5.77. The number of likely N-dealkylation sites (tertiary alicyclic amines) is 1. The monoisotopic (exact) mass is 210 g/mol. The highest BCUT2D eigenvalue weighted by Crippen LogP contribution is 2.40. The lowest BCUT2D eigenvalue weighted by molar-refractivity contribution is 0.0495. The van der Waals surface area contributed by atoms with Crippen LogP contribution in [0.25, 0.3) is 0 Å². The van der Waals surface area contributed by atoms with Crippen LogP contribution in [0.1, 0.15) is 40.0 Å². The lowest BCUT2D eigenvalue weighted by Crippen LogP contribution is -2.47. The van der Waals surface area contributed by atoms with Gasteiger partial charge in [0.1, 0.15) is 0 Å². The van der Waals surface area contributed by atoms with E-state index in [1.54, 1.807) is 0 Å². The third-order valence-electron chi connectivity index (χ3n) is 4.60. The Hall–Kier alpha value is -0.0800. The van der Waals surface area contributed by atoms with Gasteiger partial charge in [0, 0.05) is 18.6 Å². The van der Waals surface area contributed by atoms with Crippen LogP contribution in [0.4, 0.5) is 0 Å². The third kappa shape index (κ3) is 2.21. The predicted octanol–water partition coefficient (Wildman–Crippen LogP) is 2.09. The molecular formula is C13H26N2. The molecule has 1 saturated carbocycles. The van der Waals surface area contributed by atoms with Gasteiger partial charge in [-0.25, -0.2) is 0 Å². The van der Waals surface area contributed by atoms with Gasteiger partial charge in [-0.2, -0.15) is 0 Å². The molecule has 2 fully saturated rings. The van der Waals surface area contributed by atoms with Crippen molar-refractivity contribution in [2.75, 3.05) is 13.1 Å². The van der Waals surface area contributed by atoms with Gasteiger partial charge in [-0.3, -0.25) is 4.90 Å². The van der Waals surface area contributed by atoms with Gasteiger partial charge in [-0.1, -0.05) is 13.8 Å². The van der Waals surface area contributed by atoms with Crippen molar-refractivity contribution >= 4 is 0 Å². The number of nitrogens with zero attached hydrogens (tertiary/aromatic N) is 1. The fourth-order valence-corrected chi connectivity index (χ4v) is 3.30. The van der Waals surface area contributed by atoms with Crippen LogP contribution in [-0.4, -0.2) is 30.1 Å². The highest BCUT2D eigenvalue weighted by molar-refractivity contribution is 4.94. The summed E-state index contributed by atoms with van der Waals surface area (Å²) in [6.45, 7) is 9.22. The standard InChI is InChI=1S/C13H26N2/c1-9(2)12-5-13(6-12)15-8-11(7-14)4-10(15)3/h9-13H,4-8,14H2,1-3H3. The van der Waals surface area contributed by atoms with Crippen LogP contribution >= 0.6 is 0 Å². The molecule has 0 radical (unpaired) electrons.